The highest BCUT2D eigenvalue weighted by Gasteiger charge is 2.37. The summed E-state index contributed by atoms with van der Waals surface area (Å²) in [6.07, 6.45) is 2.05. The SMILES string of the molecule is CCOC(=O)c1ccc(N2C(=O)NC(=O)/C(=C\c3ccc(Cc4ccccc4Br)c(OCC)c3)C2=O)cc1. The highest BCUT2D eigenvalue weighted by atomic mass is 79.9. The predicted molar refractivity (Wildman–Crippen MR) is 146 cm³/mol. The molecule has 9 heteroatoms. The Morgan fingerprint density at radius 2 is 1.68 bits per heavy atom. The number of nitrogens with one attached hydrogen (secondary N) is 1. The number of imide groups is 2. The average molecular weight is 577 g/mol. The first-order chi connectivity index (χ1) is 18.3. The highest BCUT2D eigenvalue weighted by Crippen LogP contribution is 2.29. The fourth-order valence-corrected chi connectivity index (χ4v) is 4.39. The van der Waals surface area contributed by atoms with Crippen LogP contribution in [0.3, 0.4) is 0 Å². The molecule has 1 fully saturated rings. The smallest absolute Gasteiger partial charge is 0.338 e. The number of ether oxygens (including phenoxy) is 2. The van der Waals surface area contributed by atoms with Crippen molar-refractivity contribution in [2.75, 3.05) is 18.1 Å². The molecule has 0 aliphatic carbocycles. The zero-order valence-corrected chi connectivity index (χ0v) is 22.4. The molecule has 194 valence electrons. The molecular weight excluding hydrogens is 552 g/mol. The number of halogens is 1. The number of carbonyl (C=O) groups excluding carboxylic acids is 4. The fourth-order valence-electron chi connectivity index (χ4n) is 3.96. The summed E-state index contributed by atoms with van der Waals surface area (Å²) in [5, 5.41) is 2.21. The Morgan fingerprint density at radius 1 is 0.947 bits per heavy atom. The number of hydrogen-bond donors (Lipinski definition) is 1. The van der Waals surface area contributed by atoms with Crippen molar-refractivity contribution in [1.29, 1.82) is 0 Å². The molecule has 8 nitrogen and oxygen atoms in total. The number of rotatable bonds is 8. The maximum atomic E-state index is 13.3. The lowest BCUT2D eigenvalue weighted by atomic mass is 10.0. The summed E-state index contributed by atoms with van der Waals surface area (Å²) in [4.78, 5) is 51.2. The van der Waals surface area contributed by atoms with Gasteiger partial charge in [0, 0.05) is 10.9 Å². The predicted octanol–water partition coefficient (Wildman–Crippen LogP) is 5.28. The van der Waals surface area contributed by atoms with Crippen LogP contribution >= 0.6 is 15.9 Å². The third-order valence-electron chi connectivity index (χ3n) is 5.78. The van der Waals surface area contributed by atoms with E-state index in [1.807, 2.05) is 37.3 Å². The highest BCUT2D eigenvalue weighted by molar-refractivity contribution is 9.10. The van der Waals surface area contributed by atoms with Gasteiger partial charge in [0.05, 0.1) is 24.5 Å². The molecule has 1 heterocycles. The summed E-state index contributed by atoms with van der Waals surface area (Å²) < 4.78 is 11.8. The zero-order valence-electron chi connectivity index (χ0n) is 20.8. The second-order valence-corrected chi connectivity index (χ2v) is 9.15. The van der Waals surface area contributed by atoms with Gasteiger partial charge in [0.2, 0.25) is 0 Å². The van der Waals surface area contributed by atoms with Gasteiger partial charge in [0.1, 0.15) is 11.3 Å². The number of barbiturate groups is 1. The molecule has 0 radical (unpaired) electrons. The lowest BCUT2D eigenvalue weighted by Gasteiger charge is -2.26. The summed E-state index contributed by atoms with van der Waals surface area (Å²) in [5.41, 5.74) is 2.87. The van der Waals surface area contributed by atoms with E-state index in [0.29, 0.717) is 24.3 Å². The summed E-state index contributed by atoms with van der Waals surface area (Å²) >= 11 is 3.57. The van der Waals surface area contributed by atoms with Crippen LogP contribution in [-0.2, 0) is 20.7 Å². The van der Waals surface area contributed by atoms with Crippen molar-refractivity contribution in [3.8, 4) is 5.75 Å². The zero-order chi connectivity index (χ0) is 27.2. The summed E-state index contributed by atoms with van der Waals surface area (Å²) in [5.74, 6) is -1.46. The Labute approximate surface area is 228 Å². The fraction of sp³-hybridized carbons (Fsp3) is 0.172. The lowest BCUT2D eigenvalue weighted by molar-refractivity contribution is -0.122. The Kier molecular flexibility index (Phi) is 8.38. The molecule has 0 spiro atoms. The first-order valence-electron chi connectivity index (χ1n) is 12.0. The van der Waals surface area contributed by atoms with Crippen molar-refractivity contribution in [3.63, 3.8) is 0 Å². The third-order valence-corrected chi connectivity index (χ3v) is 6.55. The van der Waals surface area contributed by atoms with Gasteiger partial charge in [0.15, 0.2) is 0 Å². The largest absolute Gasteiger partial charge is 0.494 e. The van der Waals surface area contributed by atoms with Gasteiger partial charge >= 0.3 is 12.0 Å². The van der Waals surface area contributed by atoms with Crippen molar-refractivity contribution in [2.45, 2.75) is 20.3 Å². The molecule has 38 heavy (non-hydrogen) atoms. The van der Waals surface area contributed by atoms with E-state index in [-0.39, 0.29) is 23.4 Å². The number of benzene rings is 3. The molecule has 1 aliphatic rings. The number of carbonyl (C=O) groups is 4. The monoisotopic (exact) mass is 576 g/mol. The van der Waals surface area contributed by atoms with Crippen molar-refractivity contribution < 1.29 is 28.7 Å². The van der Waals surface area contributed by atoms with Gasteiger partial charge in [-0.15, -0.1) is 0 Å². The van der Waals surface area contributed by atoms with Crippen molar-refractivity contribution in [1.82, 2.24) is 5.32 Å². The van der Waals surface area contributed by atoms with Crippen LogP contribution in [0.15, 0.2) is 76.8 Å². The Hall–Kier alpha value is -4.24. The molecule has 3 aromatic rings. The summed E-state index contributed by atoms with van der Waals surface area (Å²) in [6.45, 7) is 4.23. The van der Waals surface area contributed by atoms with Crippen LogP contribution in [0.2, 0.25) is 0 Å². The number of amides is 4. The minimum Gasteiger partial charge on any atom is -0.494 e. The van der Waals surface area contributed by atoms with Crippen LogP contribution in [0.1, 0.15) is 40.9 Å². The van der Waals surface area contributed by atoms with Gasteiger partial charge in [-0.3, -0.25) is 14.9 Å². The number of nitrogens with zero attached hydrogens (tertiary/aromatic N) is 1. The second kappa shape index (κ2) is 11.9. The second-order valence-electron chi connectivity index (χ2n) is 8.29. The first-order valence-corrected chi connectivity index (χ1v) is 12.8. The lowest BCUT2D eigenvalue weighted by Crippen LogP contribution is -2.54. The molecule has 4 rings (SSSR count). The third kappa shape index (κ3) is 5.84. The van der Waals surface area contributed by atoms with E-state index in [0.717, 1.165) is 20.5 Å². The molecule has 4 amide bonds. The molecule has 0 atom stereocenters. The van der Waals surface area contributed by atoms with E-state index in [9.17, 15) is 19.2 Å². The first kappa shape index (κ1) is 26.8. The number of hydrogen-bond acceptors (Lipinski definition) is 6. The van der Waals surface area contributed by atoms with Crippen LogP contribution in [-0.4, -0.2) is 37.0 Å². The van der Waals surface area contributed by atoms with E-state index in [1.165, 1.54) is 30.3 Å². The molecule has 3 aromatic carbocycles. The average Bonchev–Trinajstić information content (AvgIpc) is 2.90. The molecule has 1 aliphatic heterocycles. The number of anilines is 1. The number of urea groups is 1. The van der Waals surface area contributed by atoms with Crippen molar-refractivity contribution >= 4 is 51.5 Å². The standard InChI is InChI=1S/C29H25BrN2O6/c1-3-37-25-16-18(9-10-21(25)17-20-7-5-6-8-24(20)30)15-23-26(33)31-29(36)32(27(23)34)22-13-11-19(12-14-22)28(35)38-4-2/h5-16H,3-4,17H2,1-2H3,(H,31,33,36)/b23-15+. The Morgan fingerprint density at radius 3 is 2.37 bits per heavy atom. The van der Waals surface area contributed by atoms with Gasteiger partial charge < -0.3 is 9.47 Å². The van der Waals surface area contributed by atoms with Gasteiger partial charge in [-0.25, -0.2) is 14.5 Å². The van der Waals surface area contributed by atoms with Crippen LogP contribution in [0.5, 0.6) is 5.75 Å². The van der Waals surface area contributed by atoms with Gasteiger partial charge in [0.25, 0.3) is 11.8 Å². The maximum absolute atomic E-state index is 13.3. The van der Waals surface area contributed by atoms with Crippen molar-refractivity contribution in [2.24, 2.45) is 0 Å². The molecule has 0 saturated carbocycles. The van der Waals surface area contributed by atoms with Crippen LogP contribution < -0.4 is 15.0 Å². The van der Waals surface area contributed by atoms with Crippen molar-refractivity contribution in [3.05, 3.63) is 99.0 Å². The quantitative estimate of drug-likeness (QED) is 0.222. The summed E-state index contributed by atoms with van der Waals surface area (Å²) in [7, 11) is 0. The van der Waals surface area contributed by atoms with Gasteiger partial charge in [-0.05, 0) is 73.0 Å². The van der Waals surface area contributed by atoms with E-state index in [4.69, 9.17) is 9.47 Å². The van der Waals surface area contributed by atoms with Crippen LogP contribution in [0, 0.1) is 0 Å². The van der Waals surface area contributed by atoms with Crippen LogP contribution in [0.25, 0.3) is 6.08 Å². The normalized spacial score (nSPS) is 14.4. The Bertz CT molecular complexity index is 1430. The van der Waals surface area contributed by atoms with E-state index in [1.54, 1.807) is 19.1 Å². The minimum atomic E-state index is -0.875. The molecule has 0 aromatic heterocycles. The Balaban J connectivity index is 1.63. The topological polar surface area (TPSA) is 102 Å². The molecular formula is C29H25BrN2O6. The summed E-state index contributed by atoms with van der Waals surface area (Å²) in [6, 6.07) is 18.3. The number of esters is 1. The van der Waals surface area contributed by atoms with E-state index in [2.05, 4.69) is 21.2 Å². The maximum Gasteiger partial charge on any atom is 0.338 e. The van der Waals surface area contributed by atoms with Crippen LogP contribution in [0.4, 0.5) is 10.5 Å². The minimum absolute atomic E-state index is 0.206. The van der Waals surface area contributed by atoms with Gasteiger partial charge in [-0.1, -0.05) is 46.3 Å². The molecule has 0 unspecified atom stereocenters. The molecule has 1 N–H and O–H groups in total. The van der Waals surface area contributed by atoms with Gasteiger partial charge in [-0.2, -0.15) is 0 Å². The molecule has 0 bridgehead atoms. The molecule has 1 saturated heterocycles. The van der Waals surface area contributed by atoms with E-state index >= 15 is 0 Å². The van der Waals surface area contributed by atoms with E-state index < -0.39 is 23.8 Å².